The maximum absolute atomic E-state index is 12.4. The zero-order valence-electron chi connectivity index (χ0n) is 10.3. The lowest BCUT2D eigenvalue weighted by Crippen LogP contribution is -2.37. The average molecular weight is 295 g/mol. The Labute approximate surface area is 110 Å². The number of pyridine rings is 1. The lowest BCUT2D eigenvalue weighted by atomic mass is 10.4. The first kappa shape index (κ1) is 15.7. The standard InChI is InChI=1S/C10H15F2N3O3S/c1-13-8-2-3-14-6-9(8)19(17,18)15(4-5-16)7-10(11)12/h2-3,6,10,16H,4-5,7H2,1H3,(H,13,14). The van der Waals surface area contributed by atoms with E-state index < -0.39 is 36.1 Å². The second-order valence-corrected chi connectivity index (χ2v) is 5.51. The van der Waals surface area contributed by atoms with E-state index in [1.165, 1.54) is 19.3 Å². The topological polar surface area (TPSA) is 82.5 Å². The van der Waals surface area contributed by atoms with Crippen molar-refractivity contribution in [2.45, 2.75) is 11.3 Å². The third-order valence-corrected chi connectivity index (χ3v) is 4.26. The molecule has 0 amide bonds. The number of aliphatic hydroxyl groups excluding tert-OH is 1. The molecule has 0 aliphatic rings. The number of nitrogens with zero attached hydrogens (tertiary/aromatic N) is 2. The fourth-order valence-electron chi connectivity index (χ4n) is 1.51. The molecule has 0 fully saturated rings. The van der Waals surface area contributed by atoms with E-state index in [-0.39, 0.29) is 10.6 Å². The van der Waals surface area contributed by atoms with Gasteiger partial charge in [-0.1, -0.05) is 0 Å². The quantitative estimate of drug-likeness (QED) is 0.759. The summed E-state index contributed by atoms with van der Waals surface area (Å²) in [5, 5.41) is 11.5. The maximum atomic E-state index is 12.4. The lowest BCUT2D eigenvalue weighted by molar-refractivity contribution is 0.113. The number of aliphatic hydroxyl groups is 1. The molecular weight excluding hydrogens is 280 g/mol. The Bertz CT molecular complexity index is 510. The Morgan fingerprint density at radius 1 is 1.53 bits per heavy atom. The van der Waals surface area contributed by atoms with Gasteiger partial charge in [-0.2, -0.15) is 4.31 Å². The van der Waals surface area contributed by atoms with Crippen LogP contribution < -0.4 is 5.32 Å². The molecule has 0 saturated carbocycles. The van der Waals surface area contributed by atoms with Crippen molar-refractivity contribution < 1.29 is 22.3 Å². The van der Waals surface area contributed by atoms with E-state index in [4.69, 9.17) is 5.11 Å². The van der Waals surface area contributed by atoms with Crippen LogP contribution in [0.3, 0.4) is 0 Å². The highest BCUT2D eigenvalue weighted by atomic mass is 32.2. The Balaban J connectivity index is 3.18. The van der Waals surface area contributed by atoms with Crippen LogP contribution in [0.2, 0.25) is 0 Å². The van der Waals surface area contributed by atoms with Crippen LogP contribution in [0.5, 0.6) is 0 Å². The SMILES string of the molecule is CNc1ccncc1S(=O)(=O)N(CCO)CC(F)F. The average Bonchev–Trinajstić information content (AvgIpc) is 2.37. The molecule has 2 N–H and O–H groups in total. The van der Waals surface area contributed by atoms with Crippen LogP contribution in [0.1, 0.15) is 0 Å². The summed E-state index contributed by atoms with van der Waals surface area (Å²) in [6.07, 6.45) is -0.359. The summed E-state index contributed by atoms with van der Waals surface area (Å²) < 4.78 is 49.9. The van der Waals surface area contributed by atoms with E-state index in [0.29, 0.717) is 4.31 Å². The predicted octanol–water partition coefficient (Wildman–Crippen LogP) is 0.371. The van der Waals surface area contributed by atoms with Crippen LogP contribution in [0.4, 0.5) is 14.5 Å². The van der Waals surface area contributed by atoms with Gasteiger partial charge in [-0.3, -0.25) is 4.98 Å². The Kier molecular flexibility index (Phi) is 5.58. The highest BCUT2D eigenvalue weighted by Gasteiger charge is 2.29. The third-order valence-electron chi connectivity index (χ3n) is 2.36. The van der Waals surface area contributed by atoms with Gasteiger partial charge in [-0.15, -0.1) is 0 Å². The van der Waals surface area contributed by atoms with Gasteiger partial charge in [0.15, 0.2) is 0 Å². The number of hydrogen-bond acceptors (Lipinski definition) is 5. The van der Waals surface area contributed by atoms with Crippen LogP contribution in [-0.2, 0) is 10.0 Å². The number of rotatable bonds is 7. The normalized spacial score (nSPS) is 12.1. The molecule has 1 aromatic rings. The van der Waals surface area contributed by atoms with Gasteiger partial charge in [-0.05, 0) is 6.07 Å². The van der Waals surface area contributed by atoms with Crippen LogP contribution in [0.25, 0.3) is 0 Å². The molecule has 1 rings (SSSR count). The molecule has 0 saturated heterocycles. The molecule has 0 radical (unpaired) electrons. The molecule has 0 spiro atoms. The summed E-state index contributed by atoms with van der Waals surface area (Å²) in [7, 11) is -2.62. The summed E-state index contributed by atoms with van der Waals surface area (Å²) in [4.78, 5) is 3.48. The van der Waals surface area contributed by atoms with E-state index in [2.05, 4.69) is 10.3 Å². The van der Waals surface area contributed by atoms with Crippen LogP contribution >= 0.6 is 0 Å². The molecule has 6 nitrogen and oxygen atoms in total. The van der Waals surface area contributed by atoms with Crippen LogP contribution in [-0.4, -0.2) is 56.0 Å². The first-order valence-corrected chi connectivity index (χ1v) is 6.88. The number of nitrogens with one attached hydrogen (secondary N) is 1. The first-order valence-electron chi connectivity index (χ1n) is 5.44. The van der Waals surface area contributed by atoms with Crippen molar-refractivity contribution in [1.82, 2.24) is 9.29 Å². The van der Waals surface area contributed by atoms with Gasteiger partial charge in [0.2, 0.25) is 10.0 Å². The first-order chi connectivity index (χ1) is 8.93. The van der Waals surface area contributed by atoms with Crippen molar-refractivity contribution in [3.63, 3.8) is 0 Å². The summed E-state index contributed by atoms with van der Waals surface area (Å²) in [5.74, 6) is 0. The van der Waals surface area contributed by atoms with Crippen molar-refractivity contribution in [3.05, 3.63) is 18.5 Å². The number of aromatic nitrogens is 1. The van der Waals surface area contributed by atoms with E-state index in [1.807, 2.05) is 0 Å². The van der Waals surface area contributed by atoms with Crippen molar-refractivity contribution in [1.29, 1.82) is 0 Å². The van der Waals surface area contributed by atoms with E-state index >= 15 is 0 Å². The highest BCUT2D eigenvalue weighted by Crippen LogP contribution is 2.23. The summed E-state index contributed by atoms with van der Waals surface area (Å²) in [6, 6.07) is 1.42. The van der Waals surface area contributed by atoms with Crippen molar-refractivity contribution in [2.24, 2.45) is 0 Å². The van der Waals surface area contributed by atoms with Gasteiger partial charge in [0.05, 0.1) is 18.8 Å². The number of alkyl halides is 2. The van der Waals surface area contributed by atoms with Gasteiger partial charge in [0.25, 0.3) is 6.43 Å². The minimum absolute atomic E-state index is 0.202. The fraction of sp³-hybridized carbons (Fsp3) is 0.500. The minimum Gasteiger partial charge on any atom is -0.395 e. The predicted molar refractivity (Wildman–Crippen MR) is 65.6 cm³/mol. The number of halogens is 2. The Hall–Kier alpha value is -1.32. The molecule has 1 aromatic heterocycles. The van der Waals surface area contributed by atoms with E-state index in [1.54, 1.807) is 0 Å². The van der Waals surface area contributed by atoms with Crippen LogP contribution in [0.15, 0.2) is 23.4 Å². The zero-order valence-corrected chi connectivity index (χ0v) is 11.1. The van der Waals surface area contributed by atoms with Crippen molar-refractivity contribution in [3.8, 4) is 0 Å². The van der Waals surface area contributed by atoms with Gasteiger partial charge < -0.3 is 10.4 Å². The fourth-order valence-corrected chi connectivity index (χ4v) is 3.06. The second-order valence-electron chi connectivity index (χ2n) is 3.60. The molecule has 0 aliphatic heterocycles. The van der Waals surface area contributed by atoms with E-state index in [9.17, 15) is 17.2 Å². The Morgan fingerprint density at radius 3 is 2.74 bits per heavy atom. The van der Waals surface area contributed by atoms with Gasteiger partial charge in [0.1, 0.15) is 4.90 Å². The molecule has 0 atom stereocenters. The van der Waals surface area contributed by atoms with E-state index in [0.717, 1.165) is 6.20 Å². The number of anilines is 1. The molecule has 9 heteroatoms. The highest BCUT2D eigenvalue weighted by molar-refractivity contribution is 7.89. The molecule has 0 aromatic carbocycles. The number of sulfonamides is 1. The monoisotopic (exact) mass is 295 g/mol. The molecule has 108 valence electrons. The molecule has 19 heavy (non-hydrogen) atoms. The summed E-state index contributed by atoms with van der Waals surface area (Å²) >= 11 is 0. The largest absolute Gasteiger partial charge is 0.395 e. The smallest absolute Gasteiger partial charge is 0.252 e. The van der Waals surface area contributed by atoms with Crippen LogP contribution in [0, 0.1) is 0 Å². The minimum atomic E-state index is -4.13. The van der Waals surface area contributed by atoms with Gasteiger partial charge in [-0.25, -0.2) is 17.2 Å². The second kappa shape index (κ2) is 6.73. The summed E-state index contributed by atoms with van der Waals surface area (Å²) in [6.45, 7) is -1.91. The lowest BCUT2D eigenvalue weighted by Gasteiger charge is -2.21. The molecular formula is C10H15F2N3O3S. The van der Waals surface area contributed by atoms with Crippen molar-refractivity contribution in [2.75, 3.05) is 32.1 Å². The number of hydrogen-bond donors (Lipinski definition) is 2. The van der Waals surface area contributed by atoms with Crippen molar-refractivity contribution >= 4 is 15.7 Å². The molecule has 0 unspecified atom stereocenters. The third kappa shape index (κ3) is 3.82. The van der Waals surface area contributed by atoms with Gasteiger partial charge in [0, 0.05) is 26.0 Å². The summed E-state index contributed by atoms with van der Waals surface area (Å²) in [5.41, 5.74) is 0.257. The molecule has 0 aliphatic carbocycles. The zero-order chi connectivity index (χ0) is 14.5. The molecule has 0 bridgehead atoms. The Morgan fingerprint density at radius 2 is 2.21 bits per heavy atom. The molecule has 1 heterocycles. The maximum Gasteiger partial charge on any atom is 0.252 e. The van der Waals surface area contributed by atoms with Gasteiger partial charge >= 0.3 is 0 Å².